The Morgan fingerprint density at radius 2 is 1.77 bits per heavy atom. The van der Waals surface area contributed by atoms with Gasteiger partial charge in [-0.05, 0) is 94.4 Å². The summed E-state index contributed by atoms with van der Waals surface area (Å²) in [7, 11) is 2.06. The van der Waals surface area contributed by atoms with Gasteiger partial charge in [-0.15, -0.1) is 0 Å². The van der Waals surface area contributed by atoms with E-state index in [1.54, 1.807) is 6.20 Å². The van der Waals surface area contributed by atoms with Gasteiger partial charge in [-0.25, -0.2) is 15.0 Å². The molecule has 7 nitrogen and oxygen atoms in total. The maximum atomic E-state index is 6.30. The summed E-state index contributed by atoms with van der Waals surface area (Å²) in [5, 5.41) is 3.41. The summed E-state index contributed by atoms with van der Waals surface area (Å²) >= 11 is 0. The molecule has 0 amide bonds. The van der Waals surface area contributed by atoms with Gasteiger partial charge in [0.15, 0.2) is 11.5 Å². The minimum atomic E-state index is 0.448. The summed E-state index contributed by atoms with van der Waals surface area (Å²) in [5.74, 6) is 1.18. The molecule has 7 heteroatoms. The predicted octanol–water partition coefficient (Wildman–Crippen LogP) is 6.25. The highest BCUT2D eigenvalue weighted by Crippen LogP contribution is 2.31. The first-order valence-electron chi connectivity index (χ1n) is 14.0. The Kier molecular flexibility index (Phi) is 9.63. The number of benzene rings is 1. The summed E-state index contributed by atoms with van der Waals surface area (Å²) < 4.78 is 2.09. The van der Waals surface area contributed by atoms with Crippen molar-refractivity contribution in [2.24, 2.45) is 0 Å². The number of nitrogens with zero attached hydrogens (tertiary/aromatic N) is 5. The molecule has 0 aliphatic carbocycles. The van der Waals surface area contributed by atoms with Crippen molar-refractivity contribution < 1.29 is 0 Å². The van der Waals surface area contributed by atoms with Gasteiger partial charge in [0.05, 0.1) is 11.3 Å². The Hall–Kier alpha value is -3.81. The third-order valence-electron chi connectivity index (χ3n) is 7.13. The van der Waals surface area contributed by atoms with E-state index in [1.165, 1.54) is 18.4 Å². The lowest BCUT2D eigenvalue weighted by molar-refractivity contribution is 0.194. The van der Waals surface area contributed by atoms with Crippen molar-refractivity contribution >= 4 is 22.6 Å². The van der Waals surface area contributed by atoms with E-state index in [0.717, 1.165) is 59.1 Å². The second kappa shape index (κ2) is 13.3. The second-order valence-electron chi connectivity index (χ2n) is 9.50. The van der Waals surface area contributed by atoms with Crippen LogP contribution in [0.2, 0.25) is 0 Å². The lowest BCUT2D eigenvalue weighted by Crippen LogP contribution is -2.40. The molecule has 0 unspecified atom stereocenters. The largest absolute Gasteiger partial charge is 0.383 e. The number of anilines is 1. The molecule has 204 valence electrons. The Balaban J connectivity index is 0.00000172. The van der Waals surface area contributed by atoms with Crippen LogP contribution in [0.5, 0.6) is 0 Å². The number of allylic oxidation sites excluding steroid dienone is 4. The van der Waals surface area contributed by atoms with Crippen molar-refractivity contribution in [2.45, 2.75) is 53.1 Å². The normalized spacial score (nSPS) is 15.1. The van der Waals surface area contributed by atoms with Crippen LogP contribution in [0.1, 0.15) is 51.8 Å². The number of nitrogens with one attached hydrogen (secondary N) is 1. The topological polar surface area (TPSA) is 84.9 Å². The lowest BCUT2D eigenvalue weighted by Gasteiger charge is -2.31. The predicted molar refractivity (Wildman–Crippen MR) is 164 cm³/mol. The molecule has 1 saturated heterocycles. The van der Waals surface area contributed by atoms with E-state index in [-0.39, 0.29) is 0 Å². The molecule has 3 N–H and O–H groups in total. The molecule has 5 rings (SSSR count). The molecule has 4 heterocycles. The zero-order chi connectivity index (χ0) is 27.8. The number of pyridine rings is 2. The molecule has 0 bridgehead atoms. The Bertz CT molecular complexity index is 1420. The average molecular weight is 524 g/mol. The molecule has 4 aromatic rings. The van der Waals surface area contributed by atoms with Crippen LogP contribution in [0, 0.1) is 0 Å². The van der Waals surface area contributed by atoms with Gasteiger partial charge in [0.2, 0.25) is 0 Å². The Morgan fingerprint density at radius 1 is 1.03 bits per heavy atom. The minimum absolute atomic E-state index is 0.448. The molecule has 39 heavy (non-hydrogen) atoms. The van der Waals surface area contributed by atoms with Crippen molar-refractivity contribution in [3.05, 3.63) is 84.2 Å². The quantitative estimate of drug-likeness (QED) is 0.278. The van der Waals surface area contributed by atoms with Crippen LogP contribution >= 0.6 is 0 Å². The first-order valence-corrected chi connectivity index (χ1v) is 14.0. The summed E-state index contributed by atoms with van der Waals surface area (Å²) in [4.78, 5) is 16.8. The average Bonchev–Trinajstić information content (AvgIpc) is 3.36. The van der Waals surface area contributed by atoms with E-state index in [9.17, 15) is 0 Å². The van der Waals surface area contributed by atoms with Gasteiger partial charge in [-0.1, -0.05) is 44.2 Å². The summed E-state index contributed by atoms with van der Waals surface area (Å²) in [6, 6.07) is 17.3. The number of imidazole rings is 1. The monoisotopic (exact) mass is 523 g/mol. The van der Waals surface area contributed by atoms with Crippen LogP contribution in [0.4, 0.5) is 5.82 Å². The number of nitrogen functional groups attached to an aromatic ring is 1. The minimum Gasteiger partial charge on any atom is -0.383 e. The molecular weight excluding hydrogens is 482 g/mol. The van der Waals surface area contributed by atoms with E-state index in [4.69, 9.17) is 15.7 Å². The van der Waals surface area contributed by atoms with Crippen molar-refractivity contribution in [1.29, 1.82) is 0 Å². The fourth-order valence-electron chi connectivity index (χ4n) is 5.05. The van der Waals surface area contributed by atoms with E-state index in [1.807, 2.05) is 58.0 Å². The molecule has 0 spiro atoms. The summed E-state index contributed by atoms with van der Waals surface area (Å²) in [6.07, 6.45) is 10.3. The molecule has 1 aliphatic rings. The van der Waals surface area contributed by atoms with Crippen molar-refractivity contribution in [3.63, 3.8) is 0 Å². The van der Waals surface area contributed by atoms with Gasteiger partial charge in [0, 0.05) is 24.5 Å². The van der Waals surface area contributed by atoms with Crippen LogP contribution in [-0.4, -0.2) is 50.6 Å². The standard InChI is InChI=1S/C30H35N7.C2H6/c1-4-7-22(5-2)26-13-14-27-30(34-26)37(29(35-27)25-8-6-17-33-28(25)31)24-11-9-21(10-12-24)20-36-18-15-23(32-3)16-19-36;1-2/h4-14,17,23,32H,15-16,18-20H2,1-3H3,(H2,31,33);1-2H3/b7-4-,22-5+;. The SMILES string of the molecule is C/C=C\C(=C/C)c1ccc2nc(-c3cccnc3N)n(-c3ccc(CN4CCC(NC)CC4)cc3)c2n1.CC. The lowest BCUT2D eigenvalue weighted by atomic mass is 10.0. The van der Waals surface area contributed by atoms with Crippen LogP contribution < -0.4 is 11.1 Å². The van der Waals surface area contributed by atoms with Gasteiger partial charge in [-0.2, -0.15) is 0 Å². The van der Waals surface area contributed by atoms with Gasteiger partial charge < -0.3 is 11.1 Å². The third kappa shape index (κ3) is 6.27. The zero-order valence-corrected chi connectivity index (χ0v) is 23.9. The van der Waals surface area contributed by atoms with Crippen LogP contribution in [0.3, 0.4) is 0 Å². The Morgan fingerprint density at radius 3 is 2.41 bits per heavy atom. The number of hydrogen-bond donors (Lipinski definition) is 2. The first kappa shape index (κ1) is 28.2. The number of likely N-dealkylation sites (tertiary alicyclic amines) is 1. The first-order chi connectivity index (χ1) is 19.1. The molecule has 1 aromatic carbocycles. The number of hydrogen-bond acceptors (Lipinski definition) is 6. The molecule has 1 fully saturated rings. The molecule has 0 radical (unpaired) electrons. The van der Waals surface area contributed by atoms with Gasteiger partial charge >= 0.3 is 0 Å². The summed E-state index contributed by atoms with van der Waals surface area (Å²) in [6.45, 7) is 11.2. The maximum absolute atomic E-state index is 6.30. The number of fused-ring (bicyclic) bond motifs is 1. The van der Waals surface area contributed by atoms with Crippen LogP contribution in [-0.2, 0) is 6.54 Å². The molecule has 0 saturated carbocycles. The van der Waals surface area contributed by atoms with E-state index >= 15 is 0 Å². The number of piperidine rings is 1. The van der Waals surface area contributed by atoms with Crippen molar-refractivity contribution in [3.8, 4) is 17.1 Å². The highest BCUT2D eigenvalue weighted by atomic mass is 15.1. The van der Waals surface area contributed by atoms with Gasteiger partial charge in [0.1, 0.15) is 11.3 Å². The van der Waals surface area contributed by atoms with Crippen LogP contribution in [0.15, 0.2) is 73.0 Å². The van der Waals surface area contributed by atoms with Crippen molar-refractivity contribution in [2.75, 3.05) is 25.9 Å². The molecule has 1 aliphatic heterocycles. The highest BCUT2D eigenvalue weighted by molar-refractivity contribution is 5.85. The van der Waals surface area contributed by atoms with Crippen molar-refractivity contribution in [1.82, 2.24) is 29.7 Å². The van der Waals surface area contributed by atoms with Gasteiger partial charge in [-0.3, -0.25) is 9.47 Å². The fraction of sp³-hybridized carbons (Fsp3) is 0.344. The maximum Gasteiger partial charge on any atom is 0.165 e. The summed E-state index contributed by atoms with van der Waals surface area (Å²) in [5.41, 5.74) is 13.0. The van der Waals surface area contributed by atoms with E-state index < -0.39 is 0 Å². The molecular formula is C32H41N7. The van der Waals surface area contributed by atoms with E-state index in [0.29, 0.717) is 11.9 Å². The molecule has 3 aromatic heterocycles. The van der Waals surface area contributed by atoms with Crippen LogP contribution in [0.25, 0.3) is 33.8 Å². The Labute approximate surface area is 232 Å². The van der Waals surface area contributed by atoms with E-state index in [2.05, 4.69) is 63.2 Å². The number of nitrogens with two attached hydrogens (primary N) is 1. The smallest absolute Gasteiger partial charge is 0.165 e. The number of rotatable bonds is 7. The highest BCUT2D eigenvalue weighted by Gasteiger charge is 2.20. The second-order valence-corrected chi connectivity index (χ2v) is 9.50. The van der Waals surface area contributed by atoms with Gasteiger partial charge in [0.25, 0.3) is 0 Å². The zero-order valence-electron chi connectivity index (χ0n) is 23.9. The third-order valence-corrected chi connectivity index (χ3v) is 7.13. The fourth-order valence-corrected chi connectivity index (χ4v) is 5.05. The molecule has 0 atom stereocenters. The number of aromatic nitrogens is 4.